The molecule has 0 aliphatic heterocycles. The first-order valence-electron chi connectivity index (χ1n) is 6.03. The first-order chi connectivity index (χ1) is 7.77. The van der Waals surface area contributed by atoms with Gasteiger partial charge in [0.1, 0.15) is 0 Å². The molecule has 1 aromatic carbocycles. The second-order valence-electron chi connectivity index (χ2n) is 4.14. The lowest BCUT2D eigenvalue weighted by Crippen LogP contribution is -2.28. The second-order valence-corrected chi connectivity index (χ2v) is 4.14. The number of hydrogen-bond donors (Lipinski definition) is 1. The molecule has 0 saturated carbocycles. The summed E-state index contributed by atoms with van der Waals surface area (Å²) < 4.78 is 0. The molecule has 1 N–H and O–H groups in total. The highest BCUT2D eigenvalue weighted by atomic mass is 35.5. The Kier molecular flexibility index (Phi) is 8.51. The molecule has 3 heteroatoms. The van der Waals surface area contributed by atoms with E-state index in [1.807, 2.05) is 18.2 Å². The van der Waals surface area contributed by atoms with Crippen molar-refractivity contribution in [2.45, 2.75) is 32.6 Å². The van der Waals surface area contributed by atoms with E-state index in [1.165, 1.54) is 5.56 Å². The maximum Gasteiger partial charge on any atom is 0.223 e. The molecule has 0 aliphatic rings. The lowest BCUT2D eigenvalue weighted by atomic mass is 9.93. The lowest BCUT2D eigenvalue weighted by Gasteiger charge is -2.14. The quantitative estimate of drug-likeness (QED) is 0.831. The van der Waals surface area contributed by atoms with Crippen molar-refractivity contribution < 1.29 is 4.79 Å². The third kappa shape index (κ3) is 5.73. The summed E-state index contributed by atoms with van der Waals surface area (Å²) in [5.41, 5.74) is 1.24. The number of rotatable bonds is 6. The molecule has 0 fully saturated rings. The summed E-state index contributed by atoms with van der Waals surface area (Å²) in [6.45, 7) is 2.16. The van der Waals surface area contributed by atoms with Gasteiger partial charge >= 0.3 is 0 Å². The van der Waals surface area contributed by atoms with Crippen LogP contribution in [0.3, 0.4) is 0 Å². The van der Waals surface area contributed by atoms with Crippen LogP contribution >= 0.6 is 12.4 Å². The smallest absolute Gasteiger partial charge is 0.223 e. The van der Waals surface area contributed by atoms with Crippen LogP contribution in [0.4, 0.5) is 0 Å². The molecule has 0 bridgehead atoms. The van der Waals surface area contributed by atoms with Crippen molar-refractivity contribution in [2.75, 3.05) is 7.05 Å². The molecule has 1 unspecified atom stereocenters. The molecular weight excluding hydrogens is 234 g/mol. The third-order valence-corrected chi connectivity index (χ3v) is 2.85. The molecule has 2 nitrogen and oxygen atoms in total. The van der Waals surface area contributed by atoms with Gasteiger partial charge in [0.25, 0.3) is 0 Å². The van der Waals surface area contributed by atoms with E-state index in [-0.39, 0.29) is 24.2 Å². The van der Waals surface area contributed by atoms with Crippen molar-refractivity contribution >= 4 is 18.3 Å². The fourth-order valence-corrected chi connectivity index (χ4v) is 1.88. The highest BCUT2D eigenvalue weighted by Crippen LogP contribution is 2.15. The van der Waals surface area contributed by atoms with Crippen molar-refractivity contribution in [3.05, 3.63) is 35.9 Å². The monoisotopic (exact) mass is 255 g/mol. The molecule has 0 aliphatic carbocycles. The van der Waals surface area contributed by atoms with Crippen molar-refractivity contribution in [1.29, 1.82) is 0 Å². The number of nitrogens with one attached hydrogen (secondary N) is 1. The van der Waals surface area contributed by atoms with E-state index in [9.17, 15) is 4.79 Å². The molecule has 1 amide bonds. The van der Waals surface area contributed by atoms with Crippen LogP contribution in [0, 0.1) is 5.92 Å². The van der Waals surface area contributed by atoms with Crippen LogP contribution in [0.15, 0.2) is 30.3 Å². The molecule has 17 heavy (non-hydrogen) atoms. The zero-order valence-corrected chi connectivity index (χ0v) is 11.4. The Morgan fingerprint density at radius 1 is 1.29 bits per heavy atom. The van der Waals surface area contributed by atoms with E-state index in [0.717, 1.165) is 25.7 Å². The lowest BCUT2D eigenvalue weighted by molar-refractivity contribution is -0.124. The molecule has 0 aromatic heterocycles. The largest absolute Gasteiger partial charge is 0.359 e. The zero-order valence-electron chi connectivity index (χ0n) is 10.6. The maximum absolute atomic E-state index is 11.7. The number of benzene rings is 1. The fraction of sp³-hybridized carbons (Fsp3) is 0.500. The number of unbranched alkanes of at least 4 members (excludes halogenated alkanes) is 1. The zero-order chi connectivity index (χ0) is 11.8. The normalized spacial score (nSPS) is 11.4. The average Bonchev–Trinajstić information content (AvgIpc) is 2.34. The average molecular weight is 256 g/mol. The molecule has 1 rings (SSSR count). The predicted octanol–water partition coefficient (Wildman–Crippen LogP) is 3.20. The first kappa shape index (κ1) is 16.0. The van der Waals surface area contributed by atoms with Crippen molar-refractivity contribution in [3.8, 4) is 0 Å². The fourth-order valence-electron chi connectivity index (χ4n) is 1.88. The Labute approximate surface area is 110 Å². The Balaban J connectivity index is 0.00000256. The van der Waals surface area contributed by atoms with Crippen LogP contribution in [0.25, 0.3) is 0 Å². The van der Waals surface area contributed by atoms with Gasteiger partial charge in [-0.15, -0.1) is 12.4 Å². The van der Waals surface area contributed by atoms with Crippen LogP contribution in [0.5, 0.6) is 0 Å². The van der Waals surface area contributed by atoms with Crippen LogP contribution in [0.2, 0.25) is 0 Å². The van der Waals surface area contributed by atoms with Gasteiger partial charge in [0.15, 0.2) is 0 Å². The standard InChI is InChI=1S/C14H21NO.ClH/c1-3-4-10-13(14(16)15-2)11-12-8-6-5-7-9-12;/h5-9,13H,3-4,10-11H2,1-2H3,(H,15,16);1H. The number of carbonyl (C=O) groups excluding carboxylic acids is 1. The third-order valence-electron chi connectivity index (χ3n) is 2.85. The van der Waals surface area contributed by atoms with E-state index >= 15 is 0 Å². The SMILES string of the molecule is CCCCC(Cc1ccccc1)C(=O)NC.Cl. The Morgan fingerprint density at radius 2 is 1.94 bits per heavy atom. The summed E-state index contributed by atoms with van der Waals surface area (Å²) in [5, 5.41) is 2.76. The molecule has 96 valence electrons. The van der Waals surface area contributed by atoms with E-state index in [2.05, 4.69) is 24.4 Å². The summed E-state index contributed by atoms with van der Waals surface area (Å²) in [4.78, 5) is 11.7. The van der Waals surface area contributed by atoms with Crippen LogP contribution in [0.1, 0.15) is 31.7 Å². The topological polar surface area (TPSA) is 29.1 Å². The van der Waals surface area contributed by atoms with Gasteiger partial charge in [-0.25, -0.2) is 0 Å². The Bertz CT molecular complexity index is 313. The van der Waals surface area contributed by atoms with Crippen LogP contribution in [-0.4, -0.2) is 13.0 Å². The maximum atomic E-state index is 11.7. The van der Waals surface area contributed by atoms with Gasteiger partial charge in [0.05, 0.1) is 0 Å². The van der Waals surface area contributed by atoms with Crippen molar-refractivity contribution in [2.24, 2.45) is 5.92 Å². The minimum atomic E-state index is 0. The van der Waals surface area contributed by atoms with Crippen LogP contribution < -0.4 is 5.32 Å². The van der Waals surface area contributed by atoms with Crippen LogP contribution in [-0.2, 0) is 11.2 Å². The summed E-state index contributed by atoms with van der Waals surface area (Å²) in [5.74, 6) is 0.282. The minimum absolute atomic E-state index is 0. The highest BCUT2D eigenvalue weighted by Gasteiger charge is 2.16. The summed E-state index contributed by atoms with van der Waals surface area (Å²) in [6, 6.07) is 10.2. The molecule has 0 heterocycles. The summed E-state index contributed by atoms with van der Waals surface area (Å²) in [6.07, 6.45) is 4.08. The highest BCUT2D eigenvalue weighted by molar-refractivity contribution is 5.85. The van der Waals surface area contributed by atoms with E-state index in [4.69, 9.17) is 0 Å². The molecular formula is C14H22ClNO. The summed E-state index contributed by atoms with van der Waals surface area (Å²) in [7, 11) is 1.71. The second kappa shape index (κ2) is 9.06. The first-order valence-corrected chi connectivity index (χ1v) is 6.03. The van der Waals surface area contributed by atoms with E-state index in [1.54, 1.807) is 7.05 Å². The van der Waals surface area contributed by atoms with E-state index in [0.29, 0.717) is 0 Å². The van der Waals surface area contributed by atoms with E-state index < -0.39 is 0 Å². The van der Waals surface area contributed by atoms with Crippen molar-refractivity contribution in [3.63, 3.8) is 0 Å². The molecule has 0 saturated heterocycles. The summed E-state index contributed by atoms with van der Waals surface area (Å²) >= 11 is 0. The van der Waals surface area contributed by atoms with Gasteiger partial charge in [-0.2, -0.15) is 0 Å². The van der Waals surface area contributed by atoms with Gasteiger partial charge in [0, 0.05) is 13.0 Å². The molecule has 1 aromatic rings. The Morgan fingerprint density at radius 3 is 2.47 bits per heavy atom. The Hall–Kier alpha value is -1.02. The minimum Gasteiger partial charge on any atom is -0.359 e. The van der Waals surface area contributed by atoms with Gasteiger partial charge in [0.2, 0.25) is 5.91 Å². The van der Waals surface area contributed by atoms with Gasteiger partial charge in [-0.1, -0.05) is 50.1 Å². The number of carbonyl (C=O) groups is 1. The molecule has 0 radical (unpaired) electrons. The number of amides is 1. The number of halogens is 1. The molecule has 1 atom stereocenters. The predicted molar refractivity (Wildman–Crippen MR) is 74.5 cm³/mol. The van der Waals surface area contributed by atoms with Gasteiger partial charge < -0.3 is 5.32 Å². The van der Waals surface area contributed by atoms with Crippen molar-refractivity contribution in [1.82, 2.24) is 5.32 Å². The van der Waals surface area contributed by atoms with Gasteiger partial charge in [-0.3, -0.25) is 4.79 Å². The van der Waals surface area contributed by atoms with Gasteiger partial charge in [-0.05, 0) is 18.4 Å². The molecule has 0 spiro atoms. The number of hydrogen-bond acceptors (Lipinski definition) is 1.